The molecule has 3 heterocycles. The Morgan fingerprint density at radius 1 is 1.50 bits per heavy atom. The van der Waals surface area contributed by atoms with Gasteiger partial charge in [-0.25, -0.2) is 0 Å². The molecule has 6 heteroatoms. The molecule has 2 aromatic heterocycles. The molecule has 2 aromatic rings. The predicted octanol–water partition coefficient (Wildman–Crippen LogP) is 2.38. The van der Waals surface area contributed by atoms with Crippen LogP contribution in [0.5, 0.6) is 0 Å². The van der Waals surface area contributed by atoms with E-state index in [0.29, 0.717) is 5.92 Å². The molecule has 1 aliphatic rings. The second-order valence-electron chi connectivity index (χ2n) is 5.46. The van der Waals surface area contributed by atoms with Crippen LogP contribution < -0.4 is 0 Å². The van der Waals surface area contributed by atoms with Crippen molar-refractivity contribution in [1.29, 1.82) is 0 Å². The van der Waals surface area contributed by atoms with Gasteiger partial charge < -0.3 is 10.0 Å². The summed E-state index contributed by atoms with van der Waals surface area (Å²) in [5, 5.41) is 17.9. The van der Waals surface area contributed by atoms with Crippen LogP contribution >= 0.6 is 11.3 Å². The third-order valence-corrected chi connectivity index (χ3v) is 4.96. The minimum absolute atomic E-state index is 0.0411. The maximum absolute atomic E-state index is 12.2. The van der Waals surface area contributed by atoms with E-state index in [2.05, 4.69) is 10.2 Å². The van der Waals surface area contributed by atoms with E-state index in [1.807, 2.05) is 28.5 Å². The van der Waals surface area contributed by atoms with Gasteiger partial charge in [0.05, 0.1) is 6.61 Å². The zero-order valence-electron chi connectivity index (χ0n) is 12.2. The third kappa shape index (κ3) is 3.45. The largest absolute Gasteiger partial charge is 0.392 e. The molecule has 1 saturated heterocycles. The number of likely N-dealkylation sites (tertiary alicyclic amines) is 1. The monoisotopic (exact) mass is 317 g/mol. The topological polar surface area (TPSA) is 69.2 Å². The first-order valence-corrected chi connectivity index (χ1v) is 8.29. The van der Waals surface area contributed by atoms with Gasteiger partial charge in [0.2, 0.25) is 5.91 Å². The molecule has 116 valence electrons. The maximum atomic E-state index is 12.2. The molecule has 0 bridgehead atoms. The summed E-state index contributed by atoms with van der Waals surface area (Å²) in [7, 11) is 0. The summed E-state index contributed by atoms with van der Waals surface area (Å²) in [6.45, 7) is 1.60. The number of aliphatic hydroxyl groups excluding tert-OH is 1. The number of nitrogens with one attached hydrogen (secondary N) is 1. The number of aromatic amines is 1. The number of aliphatic hydroxyl groups is 1. The van der Waals surface area contributed by atoms with Gasteiger partial charge in [0.15, 0.2) is 0 Å². The highest BCUT2D eigenvalue weighted by Crippen LogP contribution is 2.26. The number of thiophene rings is 1. The number of aromatic nitrogens is 2. The number of H-pyrrole nitrogens is 1. The lowest BCUT2D eigenvalue weighted by atomic mass is 9.93. The Hall–Kier alpha value is -1.92. The lowest BCUT2D eigenvalue weighted by Crippen LogP contribution is -2.36. The molecule has 2 N–H and O–H groups in total. The Kier molecular flexibility index (Phi) is 4.70. The molecular formula is C16H19N3O2S. The van der Waals surface area contributed by atoms with Crippen LogP contribution in [0.4, 0.5) is 0 Å². The first kappa shape index (κ1) is 15.0. The Balaban J connectivity index is 1.53. The predicted molar refractivity (Wildman–Crippen MR) is 86.4 cm³/mol. The first-order valence-electron chi connectivity index (χ1n) is 7.41. The molecule has 0 aromatic carbocycles. The van der Waals surface area contributed by atoms with Crippen molar-refractivity contribution >= 4 is 23.3 Å². The standard InChI is InChI=1S/C16H19N3O2S/c20-10-12-9-14(22-11-12)1-2-16(21)19-7-4-13(5-8-19)15-3-6-17-18-15/h1-3,6,9,11,13,20H,4-5,7-8,10H2,(H,17,18). The zero-order chi connectivity index (χ0) is 15.4. The average molecular weight is 317 g/mol. The van der Waals surface area contributed by atoms with E-state index in [4.69, 9.17) is 5.11 Å². The number of piperidine rings is 1. The van der Waals surface area contributed by atoms with Crippen molar-refractivity contribution in [2.45, 2.75) is 25.4 Å². The molecule has 5 nitrogen and oxygen atoms in total. The molecular weight excluding hydrogens is 298 g/mol. The molecule has 3 rings (SSSR count). The van der Waals surface area contributed by atoms with Crippen LogP contribution in [0.25, 0.3) is 6.08 Å². The van der Waals surface area contributed by atoms with Gasteiger partial charge in [-0.3, -0.25) is 9.89 Å². The van der Waals surface area contributed by atoms with Crippen molar-refractivity contribution in [2.24, 2.45) is 0 Å². The van der Waals surface area contributed by atoms with Crippen molar-refractivity contribution < 1.29 is 9.90 Å². The van der Waals surface area contributed by atoms with Crippen LogP contribution in [0, 0.1) is 0 Å². The fourth-order valence-corrected chi connectivity index (χ4v) is 3.52. The van der Waals surface area contributed by atoms with Crippen LogP contribution in [0.2, 0.25) is 0 Å². The van der Waals surface area contributed by atoms with Gasteiger partial charge >= 0.3 is 0 Å². The number of carbonyl (C=O) groups excluding carboxylic acids is 1. The van der Waals surface area contributed by atoms with Crippen LogP contribution in [-0.4, -0.2) is 39.2 Å². The second-order valence-corrected chi connectivity index (χ2v) is 6.40. The van der Waals surface area contributed by atoms with Crippen LogP contribution in [0.3, 0.4) is 0 Å². The number of amides is 1. The van der Waals surface area contributed by atoms with Gasteiger partial charge in [-0.2, -0.15) is 5.10 Å². The molecule has 1 amide bonds. The number of rotatable bonds is 4. The Labute approximate surface area is 133 Å². The van der Waals surface area contributed by atoms with E-state index in [0.717, 1.165) is 42.1 Å². The van der Waals surface area contributed by atoms with Crippen molar-refractivity contribution in [3.63, 3.8) is 0 Å². The number of hydrogen-bond acceptors (Lipinski definition) is 4. The van der Waals surface area contributed by atoms with Gasteiger partial charge in [-0.1, -0.05) is 0 Å². The smallest absolute Gasteiger partial charge is 0.246 e. The summed E-state index contributed by atoms with van der Waals surface area (Å²) in [4.78, 5) is 15.1. The maximum Gasteiger partial charge on any atom is 0.246 e. The van der Waals surface area contributed by atoms with E-state index >= 15 is 0 Å². The molecule has 22 heavy (non-hydrogen) atoms. The zero-order valence-corrected chi connectivity index (χ0v) is 13.1. The van der Waals surface area contributed by atoms with E-state index in [1.165, 1.54) is 11.3 Å². The Morgan fingerprint density at radius 3 is 2.95 bits per heavy atom. The average Bonchev–Trinajstić information content (AvgIpc) is 3.24. The molecule has 0 atom stereocenters. The van der Waals surface area contributed by atoms with E-state index in [1.54, 1.807) is 12.3 Å². The number of hydrogen-bond donors (Lipinski definition) is 2. The fourth-order valence-electron chi connectivity index (χ4n) is 2.73. The molecule has 0 radical (unpaired) electrons. The van der Waals surface area contributed by atoms with E-state index < -0.39 is 0 Å². The van der Waals surface area contributed by atoms with Gasteiger partial charge in [0.25, 0.3) is 0 Å². The summed E-state index contributed by atoms with van der Waals surface area (Å²) >= 11 is 1.53. The molecule has 1 fully saturated rings. The fraction of sp³-hybridized carbons (Fsp3) is 0.375. The molecule has 0 saturated carbocycles. The number of carbonyl (C=O) groups is 1. The lowest BCUT2D eigenvalue weighted by molar-refractivity contribution is -0.126. The molecule has 0 spiro atoms. The van der Waals surface area contributed by atoms with Crippen LogP contribution in [0.1, 0.15) is 34.9 Å². The normalized spacial score (nSPS) is 16.5. The Bertz CT molecular complexity index is 640. The van der Waals surface area contributed by atoms with Gasteiger partial charge in [0.1, 0.15) is 0 Å². The summed E-state index contributed by atoms with van der Waals surface area (Å²) < 4.78 is 0. The summed E-state index contributed by atoms with van der Waals surface area (Å²) in [6, 6.07) is 3.91. The first-order chi connectivity index (χ1) is 10.8. The quantitative estimate of drug-likeness (QED) is 0.851. The van der Waals surface area contributed by atoms with Crippen LogP contribution in [0.15, 0.2) is 29.8 Å². The Morgan fingerprint density at radius 2 is 2.32 bits per heavy atom. The SMILES string of the molecule is O=C(C=Cc1cc(CO)cs1)N1CCC(c2ccn[nH]2)CC1. The molecule has 0 aliphatic carbocycles. The van der Waals surface area contributed by atoms with Crippen molar-refractivity contribution in [3.05, 3.63) is 45.9 Å². The summed E-state index contributed by atoms with van der Waals surface area (Å²) in [5.41, 5.74) is 2.05. The van der Waals surface area contributed by atoms with E-state index in [-0.39, 0.29) is 12.5 Å². The van der Waals surface area contributed by atoms with Crippen molar-refractivity contribution in [3.8, 4) is 0 Å². The van der Waals surface area contributed by atoms with Crippen molar-refractivity contribution in [2.75, 3.05) is 13.1 Å². The number of nitrogens with zero attached hydrogens (tertiary/aromatic N) is 2. The molecule has 0 unspecified atom stereocenters. The minimum Gasteiger partial charge on any atom is -0.392 e. The highest BCUT2D eigenvalue weighted by Gasteiger charge is 2.23. The van der Waals surface area contributed by atoms with Gasteiger partial charge in [-0.15, -0.1) is 11.3 Å². The lowest BCUT2D eigenvalue weighted by Gasteiger charge is -2.30. The third-order valence-electron chi connectivity index (χ3n) is 4.02. The van der Waals surface area contributed by atoms with Crippen LogP contribution in [-0.2, 0) is 11.4 Å². The highest BCUT2D eigenvalue weighted by molar-refractivity contribution is 7.11. The molecule has 1 aliphatic heterocycles. The van der Waals surface area contributed by atoms with Crippen molar-refractivity contribution in [1.82, 2.24) is 15.1 Å². The van der Waals surface area contributed by atoms with Gasteiger partial charge in [0, 0.05) is 41.9 Å². The summed E-state index contributed by atoms with van der Waals surface area (Å²) in [6.07, 6.45) is 7.17. The van der Waals surface area contributed by atoms with E-state index in [9.17, 15) is 4.79 Å². The van der Waals surface area contributed by atoms with Gasteiger partial charge in [-0.05, 0) is 42.0 Å². The minimum atomic E-state index is 0.0411. The second kappa shape index (κ2) is 6.89. The highest BCUT2D eigenvalue weighted by atomic mass is 32.1. The summed E-state index contributed by atoms with van der Waals surface area (Å²) in [5.74, 6) is 0.530.